The van der Waals surface area contributed by atoms with Gasteiger partial charge in [-0.15, -0.1) is 0 Å². The first-order valence-electron chi connectivity index (χ1n) is 29.3. The minimum Gasteiger partial charge on any atom is -0.462 e. The minimum absolute atomic E-state index is 0.0863. The van der Waals surface area contributed by atoms with Crippen molar-refractivity contribution in [1.82, 2.24) is 0 Å². The van der Waals surface area contributed by atoms with E-state index in [1.165, 1.54) is 64.2 Å². The highest BCUT2D eigenvalue weighted by atomic mass is 16.6. The molecule has 0 aromatic rings. The summed E-state index contributed by atoms with van der Waals surface area (Å²) >= 11 is 0. The Kier molecular flexibility index (Phi) is 56.0. The summed E-state index contributed by atoms with van der Waals surface area (Å²) in [6.07, 6.45) is 85.8. The fourth-order valence-corrected chi connectivity index (χ4v) is 7.51. The second-order valence-corrected chi connectivity index (χ2v) is 18.8. The van der Waals surface area contributed by atoms with Gasteiger partial charge >= 0.3 is 17.9 Å². The topological polar surface area (TPSA) is 78.9 Å². The van der Waals surface area contributed by atoms with Crippen LogP contribution >= 0.6 is 0 Å². The van der Waals surface area contributed by atoms with E-state index in [1.807, 2.05) is 6.08 Å². The molecule has 6 heteroatoms. The van der Waals surface area contributed by atoms with Crippen molar-refractivity contribution < 1.29 is 28.6 Å². The molecule has 0 aromatic heterocycles. The number of rotatable bonds is 51. The molecule has 1 unspecified atom stereocenters. The van der Waals surface area contributed by atoms with Crippen molar-refractivity contribution in [1.29, 1.82) is 0 Å². The van der Waals surface area contributed by atoms with Crippen LogP contribution in [0.4, 0.5) is 0 Å². The van der Waals surface area contributed by atoms with Gasteiger partial charge in [0.05, 0.1) is 6.42 Å². The van der Waals surface area contributed by atoms with Gasteiger partial charge in [0, 0.05) is 12.8 Å². The van der Waals surface area contributed by atoms with Crippen LogP contribution in [0.2, 0.25) is 0 Å². The van der Waals surface area contributed by atoms with Crippen molar-refractivity contribution >= 4 is 17.9 Å². The van der Waals surface area contributed by atoms with Crippen LogP contribution in [-0.2, 0) is 28.6 Å². The van der Waals surface area contributed by atoms with E-state index in [4.69, 9.17) is 14.2 Å². The zero-order valence-corrected chi connectivity index (χ0v) is 46.8. The highest BCUT2D eigenvalue weighted by Crippen LogP contribution is 2.14. The third-order valence-corrected chi connectivity index (χ3v) is 11.8. The average Bonchev–Trinajstić information content (AvgIpc) is 3.39. The van der Waals surface area contributed by atoms with Gasteiger partial charge in [0.15, 0.2) is 6.10 Å². The van der Waals surface area contributed by atoms with Crippen LogP contribution in [-0.4, -0.2) is 37.2 Å². The van der Waals surface area contributed by atoms with Gasteiger partial charge in [0.2, 0.25) is 0 Å². The molecule has 0 saturated carbocycles. The van der Waals surface area contributed by atoms with E-state index in [0.29, 0.717) is 19.3 Å². The summed E-state index contributed by atoms with van der Waals surface area (Å²) < 4.78 is 16.7. The van der Waals surface area contributed by atoms with Gasteiger partial charge in [-0.05, 0) is 122 Å². The van der Waals surface area contributed by atoms with E-state index in [9.17, 15) is 14.4 Å². The predicted octanol–water partition coefficient (Wildman–Crippen LogP) is 20.0. The Hall–Kier alpha value is -4.71. The van der Waals surface area contributed by atoms with Crippen LogP contribution in [0.25, 0.3) is 0 Å². The molecule has 0 aliphatic rings. The van der Waals surface area contributed by atoms with Crippen LogP contribution < -0.4 is 0 Å². The van der Waals surface area contributed by atoms with Gasteiger partial charge in [-0.3, -0.25) is 14.4 Å². The monoisotopic (exact) mass is 1010 g/mol. The Morgan fingerprint density at radius 1 is 0.301 bits per heavy atom. The first kappa shape index (κ1) is 68.3. The Balaban J connectivity index is 4.46. The van der Waals surface area contributed by atoms with Crippen molar-refractivity contribution in [2.24, 2.45) is 0 Å². The molecule has 0 aliphatic carbocycles. The SMILES string of the molecule is CC/C=C\C/C=C\C/C=C\C/C=C\C/C=C\CCCCCCCCCCCC(=O)OCC(COC(=O)CCCCCCC/C=C\C/C=C\CCCCC)OC(=O)C/C=C\C/C=C\C/C=C\C/C=C\C/C=C\CC. The number of allylic oxidation sites excluding steroid dienone is 23. The second kappa shape index (κ2) is 59.8. The van der Waals surface area contributed by atoms with Crippen molar-refractivity contribution in [3.8, 4) is 0 Å². The molecule has 1 atom stereocenters. The van der Waals surface area contributed by atoms with Crippen LogP contribution in [0.3, 0.4) is 0 Å². The zero-order valence-electron chi connectivity index (χ0n) is 46.8. The normalized spacial score (nSPS) is 13.2. The van der Waals surface area contributed by atoms with Crippen LogP contribution in [0.15, 0.2) is 146 Å². The molecule has 73 heavy (non-hydrogen) atoms. The Bertz CT molecular complexity index is 1630. The summed E-state index contributed by atoms with van der Waals surface area (Å²) in [5, 5.41) is 0. The third kappa shape index (κ3) is 58.1. The van der Waals surface area contributed by atoms with E-state index < -0.39 is 12.1 Å². The highest BCUT2D eigenvalue weighted by molar-refractivity contribution is 5.72. The summed E-state index contributed by atoms with van der Waals surface area (Å²) in [6.45, 7) is 6.27. The molecule has 0 aliphatic heterocycles. The highest BCUT2D eigenvalue weighted by Gasteiger charge is 2.19. The van der Waals surface area contributed by atoms with E-state index in [-0.39, 0.29) is 31.6 Å². The zero-order chi connectivity index (χ0) is 52.9. The molecular weight excluding hydrogens is 901 g/mol. The first-order valence-corrected chi connectivity index (χ1v) is 29.3. The number of carbonyl (C=O) groups is 3. The molecule has 0 spiro atoms. The predicted molar refractivity (Wildman–Crippen MR) is 315 cm³/mol. The minimum atomic E-state index is -0.847. The summed E-state index contributed by atoms with van der Waals surface area (Å²) in [5.74, 6) is -1.09. The van der Waals surface area contributed by atoms with Gasteiger partial charge in [0.25, 0.3) is 0 Å². The van der Waals surface area contributed by atoms with Gasteiger partial charge in [-0.25, -0.2) is 0 Å². The molecule has 0 rings (SSSR count). The van der Waals surface area contributed by atoms with E-state index >= 15 is 0 Å². The maximum Gasteiger partial charge on any atom is 0.310 e. The quantitative estimate of drug-likeness (QED) is 0.0261. The van der Waals surface area contributed by atoms with Crippen LogP contribution in [0, 0.1) is 0 Å². The fraction of sp³-hybridized carbons (Fsp3) is 0.597. The first-order chi connectivity index (χ1) is 36.0. The molecule has 0 bridgehead atoms. The average molecular weight is 1010 g/mol. The molecule has 0 N–H and O–H groups in total. The summed E-state index contributed by atoms with van der Waals surface area (Å²) in [7, 11) is 0. The molecule has 0 saturated heterocycles. The molecule has 0 fully saturated rings. The van der Waals surface area contributed by atoms with Crippen LogP contribution in [0.5, 0.6) is 0 Å². The van der Waals surface area contributed by atoms with Crippen molar-refractivity contribution in [3.05, 3.63) is 146 Å². The fourth-order valence-electron chi connectivity index (χ4n) is 7.51. The van der Waals surface area contributed by atoms with Gasteiger partial charge in [0.1, 0.15) is 13.2 Å². The molecule has 0 radical (unpaired) electrons. The lowest BCUT2D eigenvalue weighted by Crippen LogP contribution is -2.30. The molecule has 410 valence electrons. The van der Waals surface area contributed by atoms with Crippen LogP contribution in [0.1, 0.15) is 239 Å². The van der Waals surface area contributed by atoms with E-state index in [0.717, 1.165) is 128 Å². The summed E-state index contributed by atoms with van der Waals surface area (Å²) in [5.41, 5.74) is 0. The lowest BCUT2D eigenvalue weighted by Gasteiger charge is -2.18. The molecular formula is C67H106O6. The van der Waals surface area contributed by atoms with E-state index in [1.54, 1.807) is 6.08 Å². The summed E-state index contributed by atoms with van der Waals surface area (Å²) in [6, 6.07) is 0. The second-order valence-electron chi connectivity index (χ2n) is 18.8. The smallest absolute Gasteiger partial charge is 0.310 e. The third-order valence-electron chi connectivity index (χ3n) is 11.8. The van der Waals surface area contributed by atoms with E-state index in [2.05, 4.69) is 154 Å². The number of hydrogen-bond donors (Lipinski definition) is 0. The van der Waals surface area contributed by atoms with Crippen molar-refractivity contribution in [3.63, 3.8) is 0 Å². The Morgan fingerprint density at radius 3 is 0.904 bits per heavy atom. The number of unbranched alkanes of at least 4 members (excludes halogenated alkanes) is 17. The number of esters is 3. The molecule has 0 aromatic carbocycles. The van der Waals surface area contributed by atoms with Crippen molar-refractivity contribution in [2.45, 2.75) is 245 Å². The standard InChI is InChI=1S/C67H106O6/c1-4-7-10-13-16-19-22-25-28-29-30-31-32-33-34-35-36-37-40-42-45-48-51-54-57-60-66(69)72-63-64(73-67(70)61-58-55-52-49-46-43-39-27-24-21-18-15-12-9-6-3)62-71-65(68)59-56-53-50-47-44-41-38-26-23-20-17-14-11-8-5-2/h7,9-10,12,16-21,25-28,30-31,33-34,38-39,46,49,55,58,64H,4-6,8,11,13-15,22-24,29,32,35-37,40-45,47-48,50-54,56-57,59-63H2,1-3H3/b10-7-,12-9-,19-16-,20-17-,21-18-,28-25-,31-30-,34-33-,38-26-,39-27-,49-46-,58-55-. The lowest BCUT2D eigenvalue weighted by molar-refractivity contribution is -0.166. The molecule has 0 heterocycles. The number of hydrogen-bond acceptors (Lipinski definition) is 6. The number of ether oxygens (including phenoxy) is 3. The lowest BCUT2D eigenvalue weighted by atomic mass is 10.1. The Morgan fingerprint density at radius 2 is 0.575 bits per heavy atom. The number of carbonyl (C=O) groups excluding carboxylic acids is 3. The van der Waals surface area contributed by atoms with Gasteiger partial charge < -0.3 is 14.2 Å². The molecule has 6 nitrogen and oxygen atoms in total. The maximum atomic E-state index is 12.8. The van der Waals surface area contributed by atoms with Gasteiger partial charge in [-0.1, -0.05) is 244 Å². The summed E-state index contributed by atoms with van der Waals surface area (Å²) in [4.78, 5) is 38.1. The van der Waals surface area contributed by atoms with Crippen molar-refractivity contribution in [2.75, 3.05) is 13.2 Å². The molecule has 0 amide bonds. The maximum absolute atomic E-state index is 12.8. The largest absolute Gasteiger partial charge is 0.462 e. The van der Waals surface area contributed by atoms with Gasteiger partial charge in [-0.2, -0.15) is 0 Å². The Labute approximate surface area is 448 Å².